The smallest absolute Gasteiger partial charge is 0.159 e. The van der Waals surface area contributed by atoms with Crippen LogP contribution in [0.4, 0.5) is 8.78 Å². The highest BCUT2D eigenvalue weighted by Gasteiger charge is 2.20. The van der Waals surface area contributed by atoms with E-state index in [-0.39, 0.29) is 12.7 Å². The van der Waals surface area contributed by atoms with Crippen LogP contribution in [0.3, 0.4) is 0 Å². The van der Waals surface area contributed by atoms with Gasteiger partial charge in [-0.05, 0) is 53.8 Å². The molecule has 0 amide bonds. The van der Waals surface area contributed by atoms with Crippen molar-refractivity contribution in [2.45, 2.75) is 25.6 Å². The summed E-state index contributed by atoms with van der Waals surface area (Å²) in [5.41, 5.74) is 2.61. The first kappa shape index (κ1) is 13.1. The zero-order chi connectivity index (χ0) is 14.1. The molecule has 2 aromatic rings. The molecule has 0 saturated carbocycles. The lowest BCUT2D eigenvalue weighted by atomic mass is 10.1. The van der Waals surface area contributed by atoms with Crippen LogP contribution in [0, 0.1) is 11.6 Å². The number of rotatable bonds is 3. The van der Waals surface area contributed by atoms with E-state index < -0.39 is 11.6 Å². The first-order valence-corrected chi connectivity index (χ1v) is 6.51. The van der Waals surface area contributed by atoms with Crippen molar-refractivity contribution in [1.82, 2.24) is 0 Å². The maximum Gasteiger partial charge on any atom is 0.159 e. The molecule has 104 valence electrons. The molecule has 0 radical (unpaired) electrons. The van der Waals surface area contributed by atoms with Gasteiger partial charge in [-0.2, -0.15) is 0 Å². The molecule has 0 aliphatic heterocycles. The van der Waals surface area contributed by atoms with Crippen molar-refractivity contribution in [3.8, 4) is 5.75 Å². The van der Waals surface area contributed by atoms with Gasteiger partial charge in [0.2, 0.25) is 0 Å². The Morgan fingerprint density at radius 2 is 1.95 bits per heavy atom. The molecular formula is C16H14F2O2. The number of fused-ring (bicyclic) bond motifs is 1. The summed E-state index contributed by atoms with van der Waals surface area (Å²) in [6.45, 7) is 0.179. The Labute approximate surface area is 115 Å². The second kappa shape index (κ2) is 5.21. The minimum absolute atomic E-state index is 0.179. The monoisotopic (exact) mass is 276 g/mol. The van der Waals surface area contributed by atoms with Gasteiger partial charge < -0.3 is 9.84 Å². The molecule has 0 fully saturated rings. The maximum atomic E-state index is 13.1. The average Bonchev–Trinajstić information content (AvgIpc) is 2.81. The largest absolute Gasteiger partial charge is 0.489 e. The third-order valence-corrected chi connectivity index (χ3v) is 3.55. The lowest BCUT2D eigenvalue weighted by Crippen LogP contribution is -1.98. The van der Waals surface area contributed by atoms with Crippen LogP contribution < -0.4 is 4.74 Å². The summed E-state index contributed by atoms with van der Waals surface area (Å²) in [6, 6.07) is 9.25. The first-order chi connectivity index (χ1) is 9.63. The summed E-state index contributed by atoms with van der Waals surface area (Å²) < 4.78 is 31.5. The molecule has 0 saturated heterocycles. The van der Waals surface area contributed by atoms with Crippen LogP contribution in [0.1, 0.15) is 29.2 Å². The summed E-state index contributed by atoms with van der Waals surface area (Å²) in [5.74, 6) is -1.06. The fourth-order valence-electron chi connectivity index (χ4n) is 2.46. The molecule has 0 aromatic heterocycles. The van der Waals surface area contributed by atoms with Crippen LogP contribution in [0.5, 0.6) is 5.75 Å². The van der Waals surface area contributed by atoms with E-state index in [1.165, 1.54) is 6.07 Å². The Morgan fingerprint density at radius 3 is 2.75 bits per heavy atom. The van der Waals surface area contributed by atoms with Crippen LogP contribution in [0.25, 0.3) is 0 Å². The van der Waals surface area contributed by atoms with Crippen LogP contribution in [0.15, 0.2) is 36.4 Å². The van der Waals surface area contributed by atoms with Gasteiger partial charge in [0.1, 0.15) is 12.4 Å². The van der Waals surface area contributed by atoms with E-state index in [9.17, 15) is 13.9 Å². The SMILES string of the molecule is O[C@@H]1CCc2cc(OCc3ccc(F)c(F)c3)ccc21. The molecule has 1 aliphatic carbocycles. The molecule has 1 N–H and O–H groups in total. The highest BCUT2D eigenvalue weighted by molar-refractivity contribution is 5.40. The summed E-state index contributed by atoms with van der Waals surface area (Å²) in [4.78, 5) is 0. The number of hydrogen-bond donors (Lipinski definition) is 1. The zero-order valence-corrected chi connectivity index (χ0v) is 10.8. The fourth-order valence-corrected chi connectivity index (χ4v) is 2.46. The van der Waals surface area contributed by atoms with Gasteiger partial charge in [-0.1, -0.05) is 12.1 Å². The van der Waals surface area contributed by atoms with Crippen molar-refractivity contribution in [3.05, 3.63) is 64.7 Å². The highest BCUT2D eigenvalue weighted by Crippen LogP contribution is 2.33. The predicted octanol–water partition coefficient (Wildman–Crippen LogP) is 3.52. The second-order valence-corrected chi connectivity index (χ2v) is 4.95. The molecule has 1 atom stereocenters. The minimum atomic E-state index is -0.872. The van der Waals surface area contributed by atoms with Crippen LogP contribution >= 0.6 is 0 Å². The van der Waals surface area contributed by atoms with Gasteiger partial charge in [-0.15, -0.1) is 0 Å². The Hall–Kier alpha value is -1.94. The summed E-state index contributed by atoms with van der Waals surface area (Å²) in [5, 5.41) is 9.72. The third-order valence-electron chi connectivity index (χ3n) is 3.55. The summed E-state index contributed by atoms with van der Waals surface area (Å²) in [7, 11) is 0. The molecule has 2 nitrogen and oxygen atoms in total. The van der Waals surface area contributed by atoms with Crippen molar-refractivity contribution in [2.75, 3.05) is 0 Å². The zero-order valence-electron chi connectivity index (χ0n) is 10.8. The Kier molecular flexibility index (Phi) is 3.40. The van der Waals surface area contributed by atoms with Gasteiger partial charge in [0.05, 0.1) is 6.10 Å². The Bertz CT molecular complexity index is 640. The molecule has 0 bridgehead atoms. The number of hydrogen-bond acceptors (Lipinski definition) is 2. The number of aliphatic hydroxyl groups is 1. The Morgan fingerprint density at radius 1 is 1.10 bits per heavy atom. The fraction of sp³-hybridized carbons (Fsp3) is 0.250. The van der Waals surface area contributed by atoms with Gasteiger partial charge in [0.25, 0.3) is 0 Å². The van der Waals surface area contributed by atoms with E-state index in [0.717, 1.165) is 36.1 Å². The van der Waals surface area contributed by atoms with Crippen molar-refractivity contribution in [3.63, 3.8) is 0 Å². The predicted molar refractivity (Wildman–Crippen MR) is 70.4 cm³/mol. The Balaban J connectivity index is 1.71. The number of benzene rings is 2. The maximum absolute atomic E-state index is 13.1. The quantitative estimate of drug-likeness (QED) is 0.929. The number of aliphatic hydroxyl groups excluding tert-OH is 1. The van der Waals surface area contributed by atoms with Crippen molar-refractivity contribution in [1.29, 1.82) is 0 Å². The standard InChI is InChI=1S/C16H14F2O2/c17-14-5-1-10(7-15(14)18)9-20-12-3-4-13-11(8-12)2-6-16(13)19/h1,3-5,7-8,16,19H,2,6,9H2/t16-/m1/s1. The second-order valence-electron chi connectivity index (χ2n) is 4.95. The minimum Gasteiger partial charge on any atom is -0.489 e. The lowest BCUT2D eigenvalue weighted by molar-refractivity contribution is 0.180. The van der Waals surface area contributed by atoms with Gasteiger partial charge >= 0.3 is 0 Å². The molecule has 0 unspecified atom stereocenters. The van der Waals surface area contributed by atoms with E-state index in [2.05, 4.69) is 0 Å². The normalized spacial score (nSPS) is 17.1. The van der Waals surface area contributed by atoms with Crippen molar-refractivity contribution in [2.24, 2.45) is 0 Å². The van der Waals surface area contributed by atoms with Crippen LogP contribution in [-0.2, 0) is 13.0 Å². The van der Waals surface area contributed by atoms with E-state index >= 15 is 0 Å². The number of ether oxygens (including phenoxy) is 1. The molecule has 2 aromatic carbocycles. The first-order valence-electron chi connectivity index (χ1n) is 6.51. The third kappa shape index (κ3) is 2.51. The van der Waals surface area contributed by atoms with Gasteiger partial charge in [0.15, 0.2) is 11.6 Å². The molecule has 3 rings (SSSR count). The molecule has 20 heavy (non-hydrogen) atoms. The summed E-state index contributed by atoms with van der Waals surface area (Å²) in [6.07, 6.45) is 1.19. The molecule has 0 spiro atoms. The van der Waals surface area contributed by atoms with Crippen molar-refractivity contribution >= 4 is 0 Å². The molecule has 0 heterocycles. The molecule has 4 heteroatoms. The number of halogens is 2. The topological polar surface area (TPSA) is 29.5 Å². The van der Waals surface area contributed by atoms with Gasteiger partial charge in [-0.25, -0.2) is 8.78 Å². The van der Waals surface area contributed by atoms with Gasteiger partial charge in [-0.3, -0.25) is 0 Å². The van der Waals surface area contributed by atoms with Crippen molar-refractivity contribution < 1.29 is 18.6 Å². The van der Waals surface area contributed by atoms with Gasteiger partial charge in [0, 0.05) is 0 Å². The average molecular weight is 276 g/mol. The van der Waals surface area contributed by atoms with E-state index in [4.69, 9.17) is 4.74 Å². The molecule has 1 aliphatic rings. The summed E-state index contributed by atoms with van der Waals surface area (Å²) >= 11 is 0. The lowest BCUT2D eigenvalue weighted by Gasteiger charge is -2.09. The van der Waals surface area contributed by atoms with Crippen LogP contribution in [-0.4, -0.2) is 5.11 Å². The van der Waals surface area contributed by atoms with Crippen LogP contribution in [0.2, 0.25) is 0 Å². The highest BCUT2D eigenvalue weighted by atomic mass is 19.2. The van der Waals surface area contributed by atoms with E-state index in [0.29, 0.717) is 11.3 Å². The number of aryl methyl sites for hydroxylation is 1. The van der Waals surface area contributed by atoms with E-state index in [1.807, 2.05) is 12.1 Å². The molecular weight excluding hydrogens is 262 g/mol. The van der Waals surface area contributed by atoms with E-state index in [1.54, 1.807) is 6.07 Å².